The number of aliphatic hydroxyl groups is 1. The summed E-state index contributed by atoms with van der Waals surface area (Å²) in [4.78, 5) is 2.54. The molecule has 0 amide bonds. The van der Waals surface area contributed by atoms with Gasteiger partial charge in [-0.2, -0.15) is 0 Å². The van der Waals surface area contributed by atoms with Crippen molar-refractivity contribution in [2.45, 2.75) is 45.1 Å². The van der Waals surface area contributed by atoms with Crippen molar-refractivity contribution in [1.29, 1.82) is 0 Å². The van der Waals surface area contributed by atoms with Crippen molar-refractivity contribution in [2.24, 2.45) is 0 Å². The van der Waals surface area contributed by atoms with Gasteiger partial charge in [-0.05, 0) is 52.6 Å². The molecule has 12 heavy (non-hydrogen) atoms. The second-order valence-electron chi connectivity index (χ2n) is 4.33. The molecule has 1 aliphatic heterocycles. The topological polar surface area (TPSA) is 23.5 Å². The second-order valence-corrected chi connectivity index (χ2v) is 4.33. The lowest BCUT2D eigenvalue weighted by molar-refractivity contribution is 0.166. The molecule has 1 fully saturated rings. The van der Waals surface area contributed by atoms with E-state index in [0.717, 1.165) is 19.4 Å². The second kappa shape index (κ2) is 4.24. The molecule has 1 saturated heterocycles. The number of unbranched alkanes of at least 4 members (excludes halogenated alkanes) is 1. The molecule has 1 N–H and O–H groups in total. The fourth-order valence-corrected chi connectivity index (χ4v) is 1.99. The van der Waals surface area contributed by atoms with Crippen molar-refractivity contribution >= 4 is 0 Å². The molecular weight excluding hydrogens is 150 g/mol. The van der Waals surface area contributed by atoms with E-state index in [-0.39, 0.29) is 0 Å². The van der Waals surface area contributed by atoms with E-state index in [2.05, 4.69) is 18.7 Å². The Hall–Kier alpha value is -0.0800. The number of hydrogen-bond acceptors (Lipinski definition) is 2. The molecule has 0 saturated carbocycles. The molecular formula is C10H21NO. The highest BCUT2D eigenvalue weighted by Crippen LogP contribution is 2.27. The first kappa shape index (κ1) is 10.0. The van der Waals surface area contributed by atoms with Crippen molar-refractivity contribution in [2.75, 3.05) is 19.7 Å². The molecule has 0 radical (unpaired) electrons. The Morgan fingerprint density at radius 2 is 2.08 bits per heavy atom. The fourth-order valence-electron chi connectivity index (χ4n) is 1.99. The molecule has 1 aliphatic rings. The highest BCUT2D eigenvalue weighted by molar-refractivity contribution is 4.87. The number of likely N-dealkylation sites (tertiary alicyclic amines) is 1. The first-order valence-electron chi connectivity index (χ1n) is 5.03. The predicted octanol–water partition coefficient (Wildman–Crippen LogP) is 1.63. The van der Waals surface area contributed by atoms with Crippen LogP contribution < -0.4 is 0 Å². The van der Waals surface area contributed by atoms with Gasteiger partial charge in [0, 0.05) is 12.1 Å². The molecule has 0 aromatic rings. The average molecular weight is 171 g/mol. The van der Waals surface area contributed by atoms with Gasteiger partial charge in [-0.1, -0.05) is 0 Å². The summed E-state index contributed by atoms with van der Waals surface area (Å²) in [6.45, 7) is 7.39. The third-order valence-corrected chi connectivity index (χ3v) is 2.91. The highest BCUT2D eigenvalue weighted by atomic mass is 16.2. The van der Waals surface area contributed by atoms with Gasteiger partial charge in [-0.3, -0.25) is 4.90 Å². The Morgan fingerprint density at radius 3 is 2.58 bits per heavy atom. The van der Waals surface area contributed by atoms with Crippen molar-refractivity contribution in [3.8, 4) is 0 Å². The van der Waals surface area contributed by atoms with Gasteiger partial charge in [0.05, 0.1) is 0 Å². The van der Waals surface area contributed by atoms with E-state index in [1.165, 1.54) is 19.4 Å². The van der Waals surface area contributed by atoms with Gasteiger partial charge in [0.15, 0.2) is 0 Å². The van der Waals surface area contributed by atoms with Crippen LogP contribution >= 0.6 is 0 Å². The minimum absolute atomic E-state index is 0.342. The van der Waals surface area contributed by atoms with Gasteiger partial charge in [-0.15, -0.1) is 0 Å². The molecule has 0 aliphatic carbocycles. The lowest BCUT2D eigenvalue weighted by Gasteiger charge is -2.31. The summed E-state index contributed by atoms with van der Waals surface area (Å²) in [6, 6.07) is 0. The third kappa shape index (κ3) is 2.46. The zero-order valence-corrected chi connectivity index (χ0v) is 8.34. The van der Waals surface area contributed by atoms with E-state index in [1.54, 1.807) is 0 Å². The van der Waals surface area contributed by atoms with E-state index in [9.17, 15) is 0 Å². The van der Waals surface area contributed by atoms with Gasteiger partial charge in [-0.25, -0.2) is 0 Å². The van der Waals surface area contributed by atoms with Gasteiger partial charge in [0.1, 0.15) is 0 Å². The molecule has 1 heterocycles. The first-order chi connectivity index (χ1) is 5.67. The molecule has 1 rings (SSSR count). The maximum Gasteiger partial charge on any atom is 0.0431 e. The molecule has 72 valence electrons. The molecule has 0 aromatic heterocycles. The van der Waals surface area contributed by atoms with Crippen LogP contribution in [0.3, 0.4) is 0 Å². The lowest BCUT2D eigenvalue weighted by Crippen LogP contribution is -2.38. The van der Waals surface area contributed by atoms with Gasteiger partial charge < -0.3 is 5.11 Å². The molecule has 2 nitrogen and oxygen atoms in total. The van der Waals surface area contributed by atoms with Crippen LogP contribution in [0.4, 0.5) is 0 Å². The Kier molecular flexibility index (Phi) is 3.53. The monoisotopic (exact) mass is 171 g/mol. The Labute approximate surface area is 75.6 Å². The summed E-state index contributed by atoms with van der Waals surface area (Å²) in [5.74, 6) is 0. The highest BCUT2D eigenvalue weighted by Gasteiger charge is 2.30. The minimum Gasteiger partial charge on any atom is -0.396 e. The number of rotatable bonds is 4. The SMILES string of the molecule is CC1(C)CCCN1CCCCO. The van der Waals surface area contributed by atoms with Crippen molar-refractivity contribution < 1.29 is 5.11 Å². The minimum atomic E-state index is 0.342. The number of aliphatic hydroxyl groups excluding tert-OH is 1. The molecule has 0 spiro atoms. The smallest absolute Gasteiger partial charge is 0.0431 e. The zero-order chi connectivity index (χ0) is 9.03. The van der Waals surface area contributed by atoms with Crippen LogP contribution in [0.25, 0.3) is 0 Å². The molecule has 0 atom stereocenters. The summed E-state index contributed by atoms with van der Waals surface area (Å²) in [7, 11) is 0. The Balaban J connectivity index is 2.22. The van der Waals surface area contributed by atoms with Crippen LogP contribution in [0.5, 0.6) is 0 Å². The first-order valence-corrected chi connectivity index (χ1v) is 5.03. The number of nitrogens with zero attached hydrogens (tertiary/aromatic N) is 1. The summed E-state index contributed by atoms with van der Waals surface area (Å²) in [5.41, 5.74) is 0.412. The van der Waals surface area contributed by atoms with Crippen LogP contribution in [0, 0.1) is 0 Å². The predicted molar refractivity (Wildman–Crippen MR) is 51.2 cm³/mol. The van der Waals surface area contributed by atoms with E-state index in [1.807, 2.05) is 0 Å². The van der Waals surface area contributed by atoms with E-state index in [0.29, 0.717) is 12.1 Å². The third-order valence-electron chi connectivity index (χ3n) is 2.91. The van der Waals surface area contributed by atoms with Crippen molar-refractivity contribution in [3.05, 3.63) is 0 Å². The van der Waals surface area contributed by atoms with Crippen LogP contribution in [0.1, 0.15) is 39.5 Å². The van der Waals surface area contributed by atoms with Gasteiger partial charge in [0.2, 0.25) is 0 Å². The van der Waals surface area contributed by atoms with Crippen LogP contribution in [0.15, 0.2) is 0 Å². The molecule has 0 unspecified atom stereocenters. The quantitative estimate of drug-likeness (QED) is 0.650. The Morgan fingerprint density at radius 1 is 1.33 bits per heavy atom. The van der Waals surface area contributed by atoms with Crippen molar-refractivity contribution in [1.82, 2.24) is 4.90 Å². The summed E-state index contributed by atoms with van der Waals surface area (Å²) in [6.07, 6.45) is 4.75. The van der Waals surface area contributed by atoms with E-state index in [4.69, 9.17) is 5.11 Å². The normalized spacial score (nSPS) is 23.2. The fraction of sp³-hybridized carbons (Fsp3) is 1.00. The summed E-state index contributed by atoms with van der Waals surface area (Å²) >= 11 is 0. The summed E-state index contributed by atoms with van der Waals surface area (Å²) in [5, 5.41) is 8.65. The summed E-state index contributed by atoms with van der Waals surface area (Å²) < 4.78 is 0. The zero-order valence-electron chi connectivity index (χ0n) is 8.34. The van der Waals surface area contributed by atoms with Crippen LogP contribution in [0.2, 0.25) is 0 Å². The van der Waals surface area contributed by atoms with E-state index < -0.39 is 0 Å². The van der Waals surface area contributed by atoms with Gasteiger partial charge >= 0.3 is 0 Å². The van der Waals surface area contributed by atoms with Crippen LogP contribution in [-0.2, 0) is 0 Å². The van der Waals surface area contributed by atoms with Crippen LogP contribution in [-0.4, -0.2) is 35.2 Å². The maximum atomic E-state index is 8.65. The maximum absolute atomic E-state index is 8.65. The standard InChI is InChI=1S/C10H21NO/c1-10(2)6-5-8-11(10)7-3-4-9-12/h12H,3-9H2,1-2H3. The Bertz CT molecular complexity index is 134. The van der Waals surface area contributed by atoms with E-state index >= 15 is 0 Å². The number of hydrogen-bond donors (Lipinski definition) is 1. The van der Waals surface area contributed by atoms with Crippen molar-refractivity contribution in [3.63, 3.8) is 0 Å². The average Bonchev–Trinajstić information content (AvgIpc) is 2.32. The molecule has 0 bridgehead atoms. The molecule has 2 heteroatoms. The largest absolute Gasteiger partial charge is 0.396 e. The lowest BCUT2D eigenvalue weighted by atomic mass is 10.0. The van der Waals surface area contributed by atoms with Gasteiger partial charge in [0.25, 0.3) is 0 Å². The molecule has 0 aromatic carbocycles.